The molecule has 0 atom stereocenters. The van der Waals surface area contributed by atoms with Gasteiger partial charge in [-0.3, -0.25) is 0 Å². The lowest BCUT2D eigenvalue weighted by Gasteiger charge is -2.13. The Morgan fingerprint density at radius 1 is 0.140 bits per heavy atom. The van der Waals surface area contributed by atoms with Crippen molar-refractivity contribution in [1.82, 2.24) is 33.2 Å². The van der Waals surface area contributed by atoms with Crippen LogP contribution in [-0.4, -0.2) is 33.2 Å². The Morgan fingerprint density at radius 2 is 0.400 bits per heavy atom. The smallest absolute Gasteiger partial charge is 0.164 e. The first-order chi connectivity index (χ1) is 49.6. The largest absolute Gasteiger partial charge is 0.309 e. The van der Waals surface area contributed by atoms with Gasteiger partial charge >= 0.3 is 0 Å². The van der Waals surface area contributed by atoms with Crippen molar-refractivity contribution < 1.29 is 0 Å². The summed E-state index contributed by atoms with van der Waals surface area (Å²) in [5, 5.41) is 9.68. The van der Waals surface area contributed by atoms with Crippen molar-refractivity contribution in [1.29, 1.82) is 0 Å². The number of hydrogen-bond acceptors (Lipinski definition) is 3. The van der Waals surface area contributed by atoms with E-state index < -0.39 is 0 Å². The SMILES string of the molecule is c1ccc(-c2cccc(-c3cccc(-c4nc(-c5ccc(-n6c7ccccc7c7ccc(-c8ccc9c(c8)c8ccccc8n9-c8ccccc8)cc76)cc5)nc(-c5ccc(-n6c7ccccc7c7ccc(-c8ccc9c(c8)c8ccccc8n9-c8ccccc8)cc76)cc5)n4)c3)c2)cc1. The molecule has 7 nitrogen and oxygen atoms in total. The Bertz CT molecular complexity index is 6280. The van der Waals surface area contributed by atoms with Crippen LogP contribution in [0.1, 0.15) is 0 Å². The second-order valence-electron chi connectivity index (χ2n) is 25.9. The maximum absolute atomic E-state index is 5.38. The molecule has 0 saturated heterocycles. The van der Waals surface area contributed by atoms with Crippen LogP contribution >= 0.6 is 0 Å². The van der Waals surface area contributed by atoms with Crippen LogP contribution in [0.3, 0.4) is 0 Å². The molecular formula is C93H59N7. The van der Waals surface area contributed by atoms with Crippen molar-refractivity contribution in [2.75, 3.05) is 0 Å². The number of nitrogens with zero attached hydrogens (tertiary/aromatic N) is 7. The minimum atomic E-state index is 0.582. The molecule has 5 heterocycles. The quantitative estimate of drug-likeness (QED) is 0.130. The van der Waals surface area contributed by atoms with Crippen molar-refractivity contribution >= 4 is 87.2 Å². The zero-order valence-corrected chi connectivity index (χ0v) is 54.2. The average molecular weight is 1270 g/mol. The maximum atomic E-state index is 5.38. The fourth-order valence-electron chi connectivity index (χ4n) is 15.5. The lowest BCUT2D eigenvalue weighted by Crippen LogP contribution is -2.01. The summed E-state index contributed by atoms with van der Waals surface area (Å²) in [7, 11) is 0. The van der Waals surface area contributed by atoms with Gasteiger partial charge in [0, 0.05) is 82.5 Å². The van der Waals surface area contributed by atoms with Gasteiger partial charge in [-0.05, 0) is 190 Å². The van der Waals surface area contributed by atoms with Gasteiger partial charge in [-0.1, -0.05) is 212 Å². The fourth-order valence-corrected chi connectivity index (χ4v) is 15.5. The first-order valence-corrected chi connectivity index (χ1v) is 34.1. The van der Waals surface area contributed by atoms with Gasteiger partial charge in [-0.2, -0.15) is 0 Å². The van der Waals surface area contributed by atoms with Gasteiger partial charge in [-0.15, -0.1) is 0 Å². The van der Waals surface area contributed by atoms with Crippen LogP contribution in [0.15, 0.2) is 358 Å². The molecule has 7 heteroatoms. The molecule has 20 rings (SSSR count). The Balaban J connectivity index is 0.689. The van der Waals surface area contributed by atoms with Gasteiger partial charge < -0.3 is 18.3 Å². The molecule has 0 N–H and O–H groups in total. The summed E-state index contributed by atoms with van der Waals surface area (Å²) in [5.41, 5.74) is 25.4. The lowest BCUT2D eigenvalue weighted by molar-refractivity contribution is 1.07. The molecule has 466 valence electrons. The van der Waals surface area contributed by atoms with E-state index in [9.17, 15) is 0 Å². The Labute approximate surface area is 576 Å². The molecular weight excluding hydrogens is 1220 g/mol. The van der Waals surface area contributed by atoms with Crippen molar-refractivity contribution in [2.24, 2.45) is 0 Å². The Hall–Kier alpha value is -13.5. The van der Waals surface area contributed by atoms with Crippen molar-refractivity contribution in [3.05, 3.63) is 358 Å². The summed E-state index contributed by atoms with van der Waals surface area (Å²) < 4.78 is 9.53. The molecule has 0 aliphatic rings. The number of hydrogen-bond donors (Lipinski definition) is 0. The topological polar surface area (TPSA) is 58.4 Å². The van der Waals surface area contributed by atoms with E-state index in [1.165, 1.54) is 70.7 Å². The van der Waals surface area contributed by atoms with E-state index in [-0.39, 0.29) is 0 Å². The summed E-state index contributed by atoms with van der Waals surface area (Å²) in [4.78, 5) is 16.1. The predicted octanol–water partition coefficient (Wildman–Crippen LogP) is 23.9. The molecule has 0 aliphatic carbocycles. The highest BCUT2D eigenvalue weighted by molar-refractivity contribution is 6.15. The number of rotatable bonds is 11. The molecule has 15 aromatic carbocycles. The van der Waals surface area contributed by atoms with Crippen LogP contribution in [0.2, 0.25) is 0 Å². The third kappa shape index (κ3) is 9.39. The minimum Gasteiger partial charge on any atom is -0.309 e. The number of aromatic nitrogens is 7. The van der Waals surface area contributed by atoms with Gasteiger partial charge in [0.2, 0.25) is 0 Å². The molecule has 100 heavy (non-hydrogen) atoms. The molecule has 5 aromatic heterocycles. The molecule has 0 spiro atoms. The summed E-state index contributed by atoms with van der Waals surface area (Å²) in [5.74, 6) is 1.75. The standard InChI is InChI=1S/C93H59N7/c1-4-20-60(21-5-1)63-22-18-23-64(54-63)65-24-19-25-70(55-65)93-95-91(61-38-46-73(47-39-61)99-83-34-14-10-30-75(83)79-50-42-68(58-89(79)99)66-44-52-87-81(56-66)77-32-12-16-36-85(77)97(87)71-26-6-2-7-27-71)94-92(96-93)62-40-48-74(49-41-62)100-84-35-15-11-31-76(84)80-51-43-69(59-90(80)100)67-45-53-88-82(57-67)78-33-13-17-37-86(78)98(88)72-28-8-3-9-29-72/h1-59H. The molecule has 0 saturated carbocycles. The van der Waals surface area contributed by atoms with Crippen LogP contribution in [-0.2, 0) is 0 Å². The highest BCUT2D eigenvalue weighted by atomic mass is 15.0. The lowest BCUT2D eigenvalue weighted by atomic mass is 9.98. The third-order valence-corrected chi connectivity index (χ3v) is 20.2. The van der Waals surface area contributed by atoms with Gasteiger partial charge in [0.15, 0.2) is 17.5 Å². The molecule has 20 aromatic rings. The zero-order valence-electron chi connectivity index (χ0n) is 54.2. The van der Waals surface area contributed by atoms with Crippen LogP contribution < -0.4 is 0 Å². The van der Waals surface area contributed by atoms with E-state index in [1.54, 1.807) is 0 Å². The van der Waals surface area contributed by atoms with Gasteiger partial charge in [0.1, 0.15) is 0 Å². The van der Waals surface area contributed by atoms with Crippen molar-refractivity contribution in [3.8, 4) is 101 Å². The molecule has 0 aliphatic heterocycles. The molecule has 0 bridgehead atoms. The van der Waals surface area contributed by atoms with Crippen molar-refractivity contribution in [2.45, 2.75) is 0 Å². The monoisotopic (exact) mass is 1270 g/mol. The van der Waals surface area contributed by atoms with E-state index in [2.05, 4.69) is 376 Å². The van der Waals surface area contributed by atoms with Crippen LogP contribution in [0, 0.1) is 0 Å². The molecule has 0 radical (unpaired) electrons. The second kappa shape index (κ2) is 23.1. The summed E-state index contributed by atoms with van der Waals surface area (Å²) in [6.07, 6.45) is 0. The van der Waals surface area contributed by atoms with Gasteiger partial charge in [-0.25, -0.2) is 15.0 Å². The third-order valence-electron chi connectivity index (χ3n) is 20.2. The average Bonchev–Trinajstić information content (AvgIpc) is 1.59. The second-order valence-corrected chi connectivity index (χ2v) is 25.9. The first-order valence-electron chi connectivity index (χ1n) is 34.1. The van der Waals surface area contributed by atoms with Crippen molar-refractivity contribution in [3.63, 3.8) is 0 Å². The fraction of sp³-hybridized carbons (Fsp3) is 0. The van der Waals surface area contributed by atoms with E-state index >= 15 is 0 Å². The minimum absolute atomic E-state index is 0.582. The predicted molar refractivity (Wildman–Crippen MR) is 415 cm³/mol. The summed E-state index contributed by atoms with van der Waals surface area (Å²) in [6.45, 7) is 0. The zero-order chi connectivity index (χ0) is 65.8. The Kier molecular flexibility index (Phi) is 13.1. The van der Waals surface area contributed by atoms with E-state index in [0.717, 1.165) is 100 Å². The van der Waals surface area contributed by atoms with Crippen LogP contribution in [0.5, 0.6) is 0 Å². The number of benzene rings is 15. The van der Waals surface area contributed by atoms with E-state index in [1.807, 2.05) is 0 Å². The molecule has 0 fully saturated rings. The highest BCUT2D eigenvalue weighted by Gasteiger charge is 2.21. The summed E-state index contributed by atoms with van der Waals surface area (Å²) >= 11 is 0. The maximum Gasteiger partial charge on any atom is 0.164 e. The summed E-state index contributed by atoms with van der Waals surface area (Å²) in [6, 6.07) is 129. The normalized spacial score (nSPS) is 11.8. The van der Waals surface area contributed by atoms with Gasteiger partial charge in [0.05, 0.1) is 44.1 Å². The van der Waals surface area contributed by atoms with Crippen LogP contribution in [0.25, 0.3) is 189 Å². The molecule has 0 unspecified atom stereocenters. The van der Waals surface area contributed by atoms with E-state index in [0.29, 0.717) is 17.5 Å². The Morgan fingerprint density at radius 3 is 0.830 bits per heavy atom. The number of fused-ring (bicyclic) bond motifs is 12. The van der Waals surface area contributed by atoms with E-state index in [4.69, 9.17) is 15.0 Å². The van der Waals surface area contributed by atoms with Crippen LogP contribution in [0.4, 0.5) is 0 Å². The van der Waals surface area contributed by atoms with Gasteiger partial charge in [0.25, 0.3) is 0 Å². The number of para-hydroxylation sites is 6. The first kappa shape index (κ1) is 56.8. The highest BCUT2D eigenvalue weighted by Crippen LogP contribution is 2.42. The molecule has 0 amide bonds.